The summed E-state index contributed by atoms with van der Waals surface area (Å²) in [6, 6.07) is 15.6. The van der Waals surface area contributed by atoms with Gasteiger partial charge >= 0.3 is 0 Å². The van der Waals surface area contributed by atoms with Gasteiger partial charge in [0, 0.05) is 18.2 Å². The quantitative estimate of drug-likeness (QED) is 0.658. The number of methoxy groups -OCH3 is 1. The molecule has 0 radical (unpaired) electrons. The molecule has 0 aliphatic heterocycles. The van der Waals surface area contributed by atoms with Crippen molar-refractivity contribution in [3.8, 4) is 10.6 Å². The van der Waals surface area contributed by atoms with Crippen LogP contribution in [0.5, 0.6) is 0 Å². The summed E-state index contributed by atoms with van der Waals surface area (Å²) in [6.45, 7) is 4.82. The lowest BCUT2D eigenvalue weighted by atomic mass is 10.1. The number of amides is 1. The van der Waals surface area contributed by atoms with Crippen LogP contribution in [-0.4, -0.2) is 36.4 Å². The van der Waals surface area contributed by atoms with Crippen LogP contribution in [0.1, 0.15) is 21.5 Å². The summed E-state index contributed by atoms with van der Waals surface area (Å²) in [6.07, 6.45) is 0. The largest absolute Gasteiger partial charge is 0.383 e. The van der Waals surface area contributed by atoms with Gasteiger partial charge in [0.25, 0.3) is 5.91 Å². The summed E-state index contributed by atoms with van der Waals surface area (Å²) in [7, 11) is 1.62. The van der Waals surface area contributed by atoms with Gasteiger partial charge in [-0.3, -0.25) is 9.69 Å². The van der Waals surface area contributed by atoms with Gasteiger partial charge in [-0.05, 0) is 31.0 Å². The monoisotopic (exact) mass is 367 g/mol. The van der Waals surface area contributed by atoms with Crippen LogP contribution in [0.4, 0.5) is 5.13 Å². The third kappa shape index (κ3) is 3.81. The SMILES string of the molecule is COCCN(C(=O)c1ccccc1C)c1nnc(-c2ccccc2C)s1. The molecule has 6 heteroatoms. The number of nitrogens with zero attached hydrogens (tertiary/aromatic N) is 3. The average molecular weight is 367 g/mol. The first-order chi connectivity index (χ1) is 12.6. The molecular weight excluding hydrogens is 346 g/mol. The molecule has 26 heavy (non-hydrogen) atoms. The van der Waals surface area contributed by atoms with Crippen molar-refractivity contribution >= 4 is 22.4 Å². The summed E-state index contributed by atoms with van der Waals surface area (Å²) in [4.78, 5) is 14.7. The standard InChI is InChI=1S/C20H21N3O2S/c1-14-8-4-6-10-16(14)18-21-22-20(26-18)23(12-13-25-3)19(24)17-11-7-5-9-15(17)2/h4-11H,12-13H2,1-3H3. The van der Waals surface area contributed by atoms with E-state index in [0.717, 1.165) is 21.7 Å². The molecule has 1 heterocycles. The highest BCUT2D eigenvalue weighted by Crippen LogP contribution is 2.31. The second-order valence-electron chi connectivity index (χ2n) is 5.97. The van der Waals surface area contributed by atoms with Crippen molar-refractivity contribution in [1.29, 1.82) is 0 Å². The fourth-order valence-corrected chi connectivity index (χ4v) is 3.63. The Bertz CT molecular complexity index is 907. The van der Waals surface area contributed by atoms with E-state index in [1.807, 2.05) is 62.4 Å². The second-order valence-corrected chi connectivity index (χ2v) is 6.93. The van der Waals surface area contributed by atoms with Crippen LogP contribution >= 0.6 is 11.3 Å². The summed E-state index contributed by atoms with van der Waals surface area (Å²) in [5.41, 5.74) is 3.76. The lowest BCUT2D eigenvalue weighted by molar-refractivity contribution is 0.0975. The molecule has 0 bridgehead atoms. The average Bonchev–Trinajstić information content (AvgIpc) is 3.12. The van der Waals surface area contributed by atoms with Gasteiger partial charge in [-0.15, -0.1) is 10.2 Å². The van der Waals surface area contributed by atoms with Gasteiger partial charge in [-0.1, -0.05) is 53.8 Å². The number of hydrogen-bond donors (Lipinski definition) is 0. The lowest BCUT2D eigenvalue weighted by Gasteiger charge is -2.19. The predicted molar refractivity (Wildman–Crippen MR) is 105 cm³/mol. The van der Waals surface area contributed by atoms with E-state index >= 15 is 0 Å². The van der Waals surface area contributed by atoms with Crippen LogP contribution in [0.25, 0.3) is 10.6 Å². The van der Waals surface area contributed by atoms with E-state index in [4.69, 9.17) is 4.74 Å². The van der Waals surface area contributed by atoms with E-state index in [2.05, 4.69) is 10.2 Å². The van der Waals surface area contributed by atoms with Crippen molar-refractivity contribution in [1.82, 2.24) is 10.2 Å². The Morgan fingerprint density at radius 1 is 1.04 bits per heavy atom. The van der Waals surface area contributed by atoms with Crippen molar-refractivity contribution in [2.24, 2.45) is 0 Å². The minimum Gasteiger partial charge on any atom is -0.383 e. The molecule has 3 rings (SSSR count). The normalized spacial score (nSPS) is 10.7. The van der Waals surface area contributed by atoms with Gasteiger partial charge < -0.3 is 4.74 Å². The molecule has 3 aromatic rings. The molecule has 0 atom stereocenters. The molecule has 0 fully saturated rings. The van der Waals surface area contributed by atoms with Crippen LogP contribution in [0.3, 0.4) is 0 Å². The van der Waals surface area contributed by atoms with Crippen LogP contribution in [0.2, 0.25) is 0 Å². The molecule has 0 unspecified atom stereocenters. The van der Waals surface area contributed by atoms with Gasteiger partial charge in [0.2, 0.25) is 5.13 Å². The Kier molecular flexibility index (Phi) is 5.75. The van der Waals surface area contributed by atoms with E-state index in [1.165, 1.54) is 11.3 Å². The molecule has 134 valence electrons. The number of aromatic nitrogens is 2. The molecule has 0 aliphatic carbocycles. The second kappa shape index (κ2) is 8.21. The highest BCUT2D eigenvalue weighted by molar-refractivity contribution is 7.18. The molecule has 2 aromatic carbocycles. The van der Waals surface area contributed by atoms with Gasteiger partial charge in [-0.2, -0.15) is 0 Å². The van der Waals surface area contributed by atoms with E-state index in [1.54, 1.807) is 12.0 Å². The maximum absolute atomic E-state index is 13.1. The fraction of sp³-hybridized carbons (Fsp3) is 0.250. The highest BCUT2D eigenvalue weighted by atomic mass is 32.1. The molecule has 0 aliphatic rings. The fourth-order valence-electron chi connectivity index (χ4n) is 2.67. The topological polar surface area (TPSA) is 55.3 Å². The molecule has 0 N–H and O–H groups in total. The third-order valence-electron chi connectivity index (χ3n) is 4.16. The number of aryl methyl sites for hydroxylation is 2. The van der Waals surface area contributed by atoms with Crippen molar-refractivity contribution in [2.75, 3.05) is 25.2 Å². The number of ether oxygens (including phenoxy) is 1. The van der Waals surface area contributed by atoms with Crippen LogP contribution in [0, 0.1) is 13.8 Å². The number of carbonyl (C=O) groups is 1. The Labute approximate surface area is 157 Å². The Morgan fingerprint density at radius 3 is 2.42 bits per heavy atom. The number of hydrogen-bond acceptors (Lipinski definition) is 5. The Morgan fingerprint density at radius 2 is 1.73 bits per heavy atom. The van der Waals surface area contributed by atoms with Gasteiger partial charge in [-0.25, -0.2) is 0 Å². The van der Waals surface area contributed by atoms with Gasteiger partial charge in [0.1, 0.15) is 5.01 Å². The molecule has 0 saturated heterocycles. The van der Waals surface area contributed by atoms with E-state index in [0.29, 0.717) is 23.8 Å². The van der Waals surface area contributed by atoms with Crippen LogP contribution in [-0.2, 0) is 4.74 Å². The molecular formula is C20H21N3O2S. The predicted octanol–water partition coefficient (Wildman–Crippen LogP) is 4.12. The summed E-state index contributed by atoms with van der Waals surface area (Å²) in [5, 5.41) is 9.97. The van der Waals surface area contributed by atoms with Gasteiger partial charge in [0.15, 0.2) is 0 Å². The molecule has 1 amide bonds. The van der Waals surface area contributed by atoms with E-state index in [-0.39, 0.29) is 5.91 Å². The van der Waals surface area contributed by atoms with Crippen molar-refractivity contribution in [3.05, 3.63) is 65.2 Å². The summed E-state index contributed by atoms with van der Waals surface area (Å²) in [5.74, 6) is -0.0902. The first-order valence-corrected chi connectivity index (χ1v) is 9.19. The minimum atomic E-state index is -0.0902. The zero-order valence-corrected chi connectivity index (χ0v) is 15.9. The van der Waals surface area contributed by atoms with Crippen LogP contribution < -0.4 is 4.90 Å². The maximum atomic E-state index is 13.1. The molecule has 5 nitrogen and oxygen atoms in total. The number of carbonyl (C=O) groups excluding carboxylic acids is 1. The van der Waals surface area contributed by atoms with Crippen molar-refractivity contribution in [2.45, 2.75) is 13.8 Å². The highest BCUT2D eigenvalue weighted by Gasteiger charge is 2.23. The zero-order chi connectivity index (χ0) is 18.5. The summed E-state index contributed by atoms with van der Waals surface area (Å²) < 4.78 is 5.18. The first-order valence-electron chi connectivity index (χ1n) is 8.37. The maximum Gasteiger partial charge on any atom is 0.260 e. The van der Waals surface area contributed by atoms with E-state index in [9.17, 15) is 4.79 Å². The minimum absolute atomic E-state index is 0.0902. The Hall–Kier alpha value is -2.57. The number of anilines is 1. The lowest BCUT2D eigenvalue weighted by Crippen LogP contribution is -2.34. The zero-order valence-electron chi connectivity index (χ0n) is 15.1. The first kappa shape index (κ1) is 18.2. The molecule has 0 saturated carbocycles. The van der Waals surface area contributed by atoms with Gasteiger partial charge in [0.05, 0.1) is 13.2 Å². The van der Waals surface area contributed by atoms with Crippen LogP contribution in [0.15, 0.2) is 48.5 Å². The number of rotatable bonds is 6. The van der Waals surface area contributed by atoms with Crippen molar-refractivity contribution in [3.63, 3.8) is 0 Å². The summed E-state index contributed by atoms with van der Waals surface area (Å²) >= 11 is 1.41. The van der Waals surface area contributed by atoms with E-state index < -0.39 is 0 Å². The molecule has 0 spiro atoms. The smallest absolute Gasteiger partial charge is 0.260 e. The third-order valence-corrected chi connectivity index (χ3v) is 5.14. The molecule has 1 aromatic heterocycles. The Balaban J connectivity index is 1.95. The van der Waals surface area contributed by atoms with Crippen molar-refractivity contribution < 1.29 is 9.53 Å². The number of benzene rings is 2.